The Labute approximate surface area is 132 Å². The van der Waals surface area contributed by atoms with Crippen LogP contribution in [0.2, 0.25) is 0 Å². The molecule has 0 aromatic heterocycles. The van der Waals surface area contributed by atoms with Gasteiger partial charge in [-0.1, -0.05) is 31.9 Å². The molecule has 0 atom stereocenters. The third-order valence-electron chi connectivity index (χ3n) is 6.02. The van der Waals surface area contributed by atoms with E-state index in [-0.39, 0.29) is 0 Å². The van der Waals surface area contributed by atoms with Gasteiger partial charge in [0.15, 0.2) is 0 Å². The van der Waals surface area contributed by atoms with Gasteiger partial charge in [-0.05, 0) is 87.9 Å². The van der Waals surface area contributed by atoms with Gasteiger partial charge in [0.2, 0.25) is 0 Å². The first-order valence-corrected chi connectivity index (χ1v) is 9.61. The summed E-state index contributed by atoms with van der Waals surface area (Å²) in [5, 5.41) is 9.25. The first-order chi connectivity index (χ1) is 10.3. The third kappa shape index (κ3) is 5.77. The van der Waals surface area contributed by atoms with Crippen molar-refractivity contribution in [2.75, 3.05) is 6.61 Å². The molecule has 2 saturated carbocycles. The molecule has 2 aliphatic rings. The average molecular weight is 293 g/mol. The summed E-state index contributed by atoms with van der Waals surface area (Å²) in [6, 6.07) is 0. The van der Waals surface area contributed by atoms with E-state index in [1.54, 1.807) is 0 Å². The summed E-state index contributed by atoms with van der Waals surface area (Å²) in [7, 11) is 0. The highest BCUT2D eigenvalue weighted by molar-refractivity contribution is 4.92. The highest BCUT2D eigenvalue weighted by Crippen LogP contribution is 2.41. The van der Waals surface area contributed by atoms with E-state index >= 15 is 0 Å². The number of aliphatic hydroxyl groups excluding tert-OH is 1. The lowest BCUT2D eigenvalue weighted by molar-refractivity contribution is 0.122. The lowest BCUT2D eigenvalue weighted by atomic mass is 9.69. The van der Waals surface area contributed by atoms with Crippen LogP contribution in [-0.4, -0.2) is 11.7 Å². The van der Waals surface area contributed by atoms with Crippen molar-refractivity contribution in [2.24, 2.45) is 23.7 Å². The Morgan fingerprint density at radius 2 is 1.48 bits per heavy atom. The van der Waals surface area contributed by atoms with Gasteiger partial charge in [0.25, 0.3) is 0 Å². The van der Waals surface area contributed by atoms with Crippen LogP contribution in [0, 0.1) is 23.7 Å². The maximum absolute atomic E-state index is 9.25. The lowest BCUT2D eigenvalue weighted by Crippen LogP contribution is -2.26. The minimum Gasteiger partial charge on any atom is -0.396 e. The predicted octanol–water partition coefficient (Wildman–Crippen LogP) is 5.73. The van der Waals surface area contributed by atoms with Gasteiger partial charge in [-0.15, -0.1) is 0 Å². The van der Waals surface area contributed by atoms with E-state index < -0.39 is 0 Å². The highest BCUT2D eigenvalue weighted by Gasteiger charge is 2.29. The molecule has 2 fully saturated rings. The summed E-state index contributed by atoms with van der Waals surface area (Å²) in [4.78, 5) is 0. The molecule has 0 unspecified atom stereocenters. The number of aliphatic hydroxyl groups is 1. The fourth-order valence-electron chi connectivity index (χ4n) is 4.45. The van der Waals surface area contributed by atoms with Crippen molar-refractivity contribution < 1.29 is 5.11 Å². The lowest BCUT2D eigenvalue weighted by Gasteiger charge is -2.37. The summed E-state index contributed by atoms with van der Waals surface area (Å²) in [5.74, 6) is 3.46. The van der Waals surface area contributed by atoms with Crippen molar-refractivity contribution in [3.05, 3.63) is 12.2 Å². The fourth-order valence-corrected chi connectivity index (χ4v) is 4.45. The summed E-state index contributed by atoms with van der Waals surface area (Å²) < 4.78 is 0. The summed E-state index contributed by atoms with van der Waals surface area (Å²) >= 11 is 0. The van der Waals surface area contributed by atoms with Gasteiger partial charge in [-0.25, -0.2) is 0 Å². The SMILES string of the molecule is CCCCC/C=C/[C@H]1CC[C@H](C2CCC(CO)CC2)CC1. The van der Waals surface area contributed by atoms with Gasteiger partial charge in [0.1, 0.15) is 0 Å². The molecule has 0 aromatic carbocycles. The molecule has 1 heteroatoms. The van der Waals surface area contributed by atoms with Crippen LogP contribution in [0.4, 0.5) is 0 Å². The van der Waals surface area contributed by atoms with Crippen LogP contribution < -0.4 is 0 Å². The molecule has 0 aromatic rings. The minimum atomic E-state index is 0.419. The number of unbranched alkanes of at least 4 members (excludes halogenated alkanes) is 3. The van der Waals surface area contributed by atoms with Gasteiger partial charge in [-0.2, -0.15) is 0 Å². The second kappa shape index (κ2) is 9.66. The van der Waals surface area contributed by atoms with Gasteiger partial charge in [0, 0.05) is 6.61 Å². The standard InChI is InChI=1S/C20H36O/c1-2-3-4-5-6-7-17-8-12-19(13-9-17)20-14-10-18(16-21)11-15-20/h6-7,17-21H,2-5,8-16H2,1H3/b7-6+/t17-,18?,19-,20?. The zero-order valence-electron chi connectivity index (χ0n) is 14.1. The number of hydrogen-bond donors (Lipinski definition) is 1. The minimum absolute atomic E-state index is 0.419. The zero-order chi connectivity index (χ0) is 14.9. The van der Waals surface area contributed by atoms with Crippen LogP contribution in [0.1, 0.15) is 84.0 Å². The first-order valence-electron chi connectivity index (χ1n) is 9.61. The Kier molecular flexibility index (Phi) is 7.85. The van der Waals surface area contributed by atoms with Crippen molar-refractivity contribution in [2.45, 2.75) is 84.0 Å². The van der Waals surface area contributed by atoms with E-state index in [1.807, 2.05) is 0 Å². The Balaban J connectivity index is 1.62. The van der Waals surface area contributed by atoms with Crippen molar-refractivity contribution in [3.8, 4) is 0 Å². The molecule has 0 heterocycles. The highest BCUT2D eigenvalue weighted by atomic mass is 16.3. The Bertz CT molecular complexity index is 280. The quantitative estimate of drug-likeness (QED) is 0.469. The van der Waals surface area contributed by atoms with Crippen molar-refractivity contribution in [1.82, 2.24) is 0 Å². The summed E-state index contributed by atoms with van der Waals surface area (Å²) in [5.41, 5.74) is 0. The van der Waals surface area contributed by atoms with Gasteiger partial charge >= 0.3 is 0 Å². The molecule has 0 bridgehead atoms. The molecule has 2 aliphatic carbocycles. The predicted molar refractivity (Wildman–Crippen MR) is 91.3 cm³/mol. The average Bonchev–Trinajstić information content (AvgIpc) is 2.55. The maximum Gasteiger partial charge on any atom is 0.0459 e. The van der Waals surface area contributed by atoms with E-state index in [1.165, 1.54) is 77.0 Å². The van der Waals surface area contributed by atoms with E-state index in [9.17, 15) is 5.11 Å². The monoisotopic (exact) mass is 292 g/mol. The molecular weight excluding hydrogens is 256 g/mol. The van der Waals surface area contributed by atoms with Crippen LogP contribution in [0.15, 0.2) is 12.2 Å². The van der Waals surface area contributed by atoms with E-state index in [2.05, 4.69) is 19.1 Å². The number of rotatable bonds is 7. The molecule has 0 radical (unpaired) electrons. The van der Waals surface area contributed by atoms with Gasteiger partial charge in [0.05, 0.1) is 0 Å². The van der Waals surface area contributed by atoms with Crippen LogP contribution in [0.3, 0.4) is 0 Å². The van der Waals surface area contributed by atoms with Crippen molar-refractivity contribution in [1.29, 1.82) is 0 Å². The molecule has 0 spiro atoms. The van der Waals surface area contributed by atoms with Crippen LogP contribution in [0.5, 0.6) is 0 Å². The molecule has 21 heavy (non-hydrogen) atoms. The Hall–Kier alpha value is -0.300. The summed E-state index contributed by atoms with van der Waals surface area (Å²) in [6.07, 6.45) is 21.4. The molecular formula is C20H36O. The molecule has 0 aliphatic heterocycles. The summed E-state index contributed by atoms with van der Waals surface area (Å²) in [6.45, 7) is 2.70. The first kappa shape index (κ1) is 17.1. The van der Waals surface area contributed by atoms with Gasteiger partial charge < -0.3 is 5.11 Å². The molecule has 1 nitrogen and oxygen atoms in total. The Morgan fingerprint density at radius 1 is 0.857 bits per heavy atom. The van der Waals surface area contributed by atoms with Crippen molar-refractivity contribution in [3.63, 3.8) is 0 Å². The molecule has 1 N–H and O–H groups in total. The van der Waals surface area contributed by atoms with E-state index in [0.29, 0.717) is 12.5 Å². The van der Waals surface area contributed by atoms with Gasteiger partial charge in [-0.3, -0.25) is 0 Å². The largest absolute Gasteiger partial charge is 0.396 e. The van der Waals surface area contributed by atoms with Crippen LogP contribution in [-0.2, 0) is 0 Å². The normalized spacial score (nSPS) is 34.4. The number of hydrogen-bond acceptors (Lipinski definition) is 1. The van der Waals surface area contributed by atoms with E-state index in [0.717, 1.165) is 17.8 Å². The van der Waals surface area contributed by atoms with Crippen molar-refractivity contribution >= 4 is 0 Å². The molecule has 122 valence electrons. The Morgan fingerprint density at radius 3 is 2.05 bits per heavy atom. The second-order valence-electron chi connectivity index (χ2n) is 7.56. The molecule has 2 rings (SSSR count). The third-order valence-corrected chi connectivity index (χ3v) is 6.02. The van der Waals surface area contributed by atoms with E-state index in [4.69, 9.17) is 0 Å². The van der Waals surface area contributed by atoms with Crippen LogP contribution in [0.25, 0.3) is 0 Å². The molecule has 0 amide bonds. The zero-order valence-corrected chi connectivity index (χ0v) is 14.1. The fraction of sp³-hybridized carbons (Fsp3) is 0.900. The smallest absolute Gasteiger partial charge is 0.0459 e. The topological polar surface area (TPSA) is 20.2 Å². The second-order valence-corrected chi connectivity index (χ2v) is 7.56. The maximum atomic E-state index is 9.25. The van der Waals surface area contributed by atoms with Crippen LogP contribution >= 0.6 is 0 Å². The molecule has 0 saturated heterocycles. The number of allylic oxidation sites excluding steroid dienone is 2.